The normalized spacial score (nSPS) is 24.1. The van der Waals surface area contributed by atoms with E-state index in [1.807, 2.05) is 0 Å². The Morgan fingerprint density at radius 2 is 1.12 bits per heavy atom. The van der Waals surface area contributed by atoms with E-state index in [4.69, 9.17) is 26.8 Å². The van der Waals surface area contributed by atoms with Gasteiger partial charge in [0.2, 0.25) is 0 Å². The first-order valence-corrected chi connectivity index (χ1v) is 18.3. The van der Waals surface area contributed by atoms with E-state index >= 15 is 0 Å². The van der Waals surface area contributed by atoms with Gasteiger partial charge in [-0.3, -0.25) is 16.7 Å². The van der Waals surface area contributed by atoms with Crippen LogP contribution in [0.15, 0.2) is 11.8 Å². The molecule has 0 aromatic heterocycles. The van der Waals surface area contributed by atoms with E-state index in [0.29, 0.717) is 31.2 Å². The first kappa shape index (κ1) is 36.1. The molecule has 0 unspecified atom stereocenters. The molecule has 5 atom stereocenters. The number of esters is 2. The van der Waals surface area contributed by atoms with E-state index in [0.717, 1.165) is 0 Å². The van der Waals surface area contributed by atoms with Gasteiger partial charge in [-0.2, -0.15) is 33.7 Å². The van der Waals surface area contributed by atoms with Crippen molar-refractivity contribution in [3.05, 3.63) is 11.8 Å². The Morgan fingerprint density at radius 1 is 0.700 bits per heavy atom. The Labute approximate surface area is 232 Å². The van der Waals surface area contributed by atoms with Crippen molar-refractivity contribution < 1.29 is 74.2 Å². The molecule has 0 amide bonds. The predicted molar refractivity (Wildman–Crippen MR) is 133 cm³/mol. The molecule has 0 aromatic carbocycles. The molecule has 0 radical (unpaired) electrons. The van der Waals surface area contributed by atoms with E-state index in [1.54, 1.807) is 0 Å². The molecular formula is C18H31NO17S4. The fraction of sp³-hybridized carbons (Fsp3) is 0.778. The van der Waals surface area contributed by atoms with E-state index in [2.05, 4.69) is 9.50 Å². The zero-order chi connectivity index (χ0) is 31.1. The highest BCUT2D eigenvalue weighted by atomic mass is 32.2. The van der Waals surface area contributed by atoms with Crippen LogP contribution in [0.2, 0.25) is 0 Å². The van der Waals surface area contributed by atoms with Crippen LogP contribution in [0.1, 0.15) is 13.8 Å². The minimum Gasteiger partial charge on any atom is -0.462 e. The number of rotatable bonds is 15. The molecule has 1 N–H and O–H groups in total. The smallest absolute Gasteiger partial charge is 0.347 e. The van der Waals surface area contributed by atoms with Crippen LogP contribution in [-0.4, -0.2) is 121 Å². The second-order valence-corrected chi connectivity index (χ2v) is 14.5. The van der Waals surface area contributed by atoms with Crippen LogP contribution in [0.3, 0.4) is 0 Å². The molecule has 0 spiro atoms. The highest BCUT2D eigenvalue weighted by Crippen LogP contribution is 2.30. The fourth-order valence-electron chi connectivity index (χ4n) is 3.09. The highest BCUT2D eigenvalue weighted by molar-refractivity contribution is 7.86. The maximum absolute atomic E-state index is 12.3. The predicted octanol–water partition coefficient (Wildman–Crippen LogP) is -2.68. The average Bonchev–Trinajstić information content (AvgIpc) is 2.73. The Morgan fingerprint density at radius 3 is 1.52 bits per heavy atom. The van der Waals surface area contributed by atoms with Gasteiger partial charge in [0.15, 0.2) is 17.9 Å². The number of nitrogens with one attached hydrogen (secondary N) is 1. The van der Waals surface area contributed by atoms with E-state index in [-0.39, 0.29) is 13.2 Å². The molecule has 18 nitrogen and oxygen atoms in total. The fourth-order valence-corrected chi connectivity index (χ4v) is 5.35. The second kappa shape index (κ2) is 14.3. The molecule has 0 bridgehead atoms. The van der Waals surface area contributed by atoms with Crippen LogP contribution >= 0.6 is 0 Å². The summed E-state index contributed by atoms with van der Waals surface area (Å²) in [6.45, 7) is 1.58. The Kier molecular flexibility index (Phi) is 12.9. The zero-order valence-electron chi connectivity index (χ0n) is 22.2. The Hall–Kier alpha value is -1.92. The SMILES string of the molecule is CCOC(=O)C(=CN[C@@H]1O[C@H](COS(C)(=O)=O)[C@@H](OS(C)(=O)=O)[C@H](OS(C)(=O)=O)[C@H]1OS(C)(=O)=O)C(=O)OCC. The number of carbonyl (C=O) groups excluding carboxylic acids is 2. The number of hydrogen-bond acceptors (Lipinski definition) is 18. The Balaban J connectivity index is 3.77. The van der Waals surface area contributed by atoms with Gasteiger partial charge in [-0.15, -0.1) is 0 Å². The molecule has 1 aliphatic heterocycles. The summed E-state index contributed by atoms with van der Waals surface area (Å²) in [5.74, 6) is -2.35. The molecule has 0 saturated carbocycles. The van der Waals surface area contributed by atoms with E-state index in [9.17, 15) is 43.3 Å². The lowest BCUT2D eigenvalue weighted by Gasteiger charge is -2.44. The molecule has 0 aliphatic carbocycles. The van der Waals surface area contributed by atoms with Gasteiger partial charge in [0, 0.05) is 6.20 Å². The average molecular weight is 662 g/mol. The summed E-state index contributed by atoms with van der Waals surface area (Å²) in [5.41, 5.74) is -0.746. The standard InChI is InChI=1S/C18H31NO17S4/c1-7-30-17(20)11(18(21)31-8-2)9-19-16-15(36-40(6,28)29)14(35-39(5,26)27)13(34-38(4,24)25)12(33-16)10-32-37(3,22)23/h9,12-16,19H,7-8,10H2,1-6H3/t12-,13-,14+,15-,16-/m1/s1. The van der Waals surface area contributed by atoms with Crippen molar-refractivity contribution >= 4 is 52.4 Å². The van der Waals surface area contributed by atoms with Crippen molar-refractivity contribution in [3.63, 3.8) is 0 Å². The van der Waals surface area contributed by atoms with Crippen LogP contribution in [0.4, 0.5) is 0 Å². The van der Waals surface area contributed by atoms with Crippen LogP contribution in [0.5, 0.6) is 0 Å². The zero-order valence-corrected chi connectivity index (χ0v) is 25.4. The molecule has 0 aromatic rings. The van der Waals surface area contributed by atoms with Crippen LogP contribution in [-0.2, 0) is 81.0 Å². The quantitative estimate of drug-likeness (QED) is 0.0617. The van der Waals surface area contributed by atoms with Gasteiger partial charge in [0.1, 0.15) is 18.3 Å². The summed E-state index contributed by atoms with van der Waals surface area (Å²) in [4.78, 5) is 24.6. The lowest BCUT2D eigenvalue weighted by molar-refractivity contribution is -0.209. The van der Waals surface area contributed by atoms with Crippen molar-refractivity contribution in [2.45, 2.75) is 44.5 Å². The van der Waals surface area contributed by atoms with Gasteiger partial charge in [0.25, 0.3) is 40.5 Å². The summed E-state index contributed by atoms with van der Waals surface area (Å²) < 4.78 is 130. The summed E-state index contributed by atoms with van der Waals surface area (Å²) in [5, 5.41) is 2.34. The third kappa shape index (κ3) is 13.2. The molecule has 1 fully saturated rings. The summed E-state index contributed by atoms with van der Waals surface area (Å²) in [7, 11) is -17.7. The van der Waals surface area contributed by atoms with Gasteiger partial charge >= 0.3 is 11.9 Å². The van der Waals surface area contributed by atoms with Gasteiger partial charge in [-0.25, -0.2) is 9.59 Å². The molecule has 22 heteroatoms. The lowest BCUT2D eigenvalue weighted by atomic mass is 9.98. The number of carbonyl (C=O) groups is 2. The van der Waals surface area contributed by atoms with Gasteiger partial charge < -0.3 is 19.5 Å². The maximum atomic E-state index is 12.3. The van der Waals surface area contributed by atoms with Crippen molar-refractivity contribution in [1.82, 2.24) is 5.32 Å². The maximum Gasteiger partial charge on any atom is 0.347 e. The third-order valence-corrected chi connectivity index (χ3v) is 6.60. The number of ether oxygens (including phenoxy) is 3. The third-order valence-electron chi connectivity index (χ3n) is 4.32. The Bertz CT molecular complexity index is 1350. The summed E-state index contributed by atoms with van der Waals surface area (Å²) in [6, 6.07) is 0. The van der Waals surface area contributed by atoms with Gasteiger partial charge in [-0.1, -0.05) is 0 Å². The topological polar surface area (TPSA) is 247 Å². The minimum absolute atomic E-state index is 0.158. The van der Waals surface area contributed by atoms with Crippen molar-refractivity contribution in [1.29, 1.82) is 0 Å². The summed E-state index contributed by atoms with van der Waals surface area (Å²) >= 11 is 0. The van der Waals surface area contributed by atoms with Crippen LogP contribution < -0.4 is 5.32 Å². The van der Waals surface area contributed by atoms with Crippen molar-refractivity contribution in [2.24, 2.45) is 0 Å². The molecule has 1 saturated heterocycles. The monoisotopic (exact) mass is 661 g/mol. The van der Waals surface area contributed by atoms with Crippen LogP contribution in [0.25, 0.3) is 0 Å². The molecule has 234 valence electrons. The molecule has 1 heterocycles. The molecule has 1 rings (SSSR count). The molecular weight excluding hydrogens is 630 g/mol. The first-order valence-electron chi connectivity index (χ1n) is 11.0. The van der Waals surface area contributed by atoms with Crippen molar-refractivity contribution in [2.75, 3.05) is 44.8 Å². The first-order chi connectivity index (χ1) is 18.1. The largest absolute Gasteiger partial charge is 0.462 e. The van der Waals surface area contributed by atoms with E-state index < -0.39 is 95.2 Å². The van der Waals surface area contributed by atoms with Crippen molar-refractivity contribution in [3.8, 4) is 0 Å². The van der Waals surface area contributed by atoms with Gasteiger partial charge in [-0.05, 0) is 13.8 Å². The molecule has 40 heavy (non-hydrogen) atoms. The van der Waals surface area contributed by atoms with Gasteiger partial charge in [0.05, 0.1) is 44.8 Å². The second-order valence-electron chi connectivity index (χ2n) is 8.04. The number of hydrogen-bond donors (Lipinski definition) is 1. The minimum atomic E-state index is -4.52. The molecule has 1 aliphatic rings. The van der Waals surface area contributed by atoms with Crippen LogP contribution in [0, 0.1) is 0 Å². The summed E-state index contributed by atoms with van der Waals surface area (Å²) in [6.07, 6.45) is -6.99. The van der Waals surface area contributed by atoms with E-state index in [1.165, 1.54) is 13.8 Å². The highest BCUT2D eigenvalue weighted by Gasteiger charge is 2.52. The lowest BCUT2D eigenvalue weighted by Crippen LogP contribution is -2.65.